The molecule has 1 amide bonds. The quantitative estimate of drug-likeness (QED) is 0.795. The summed E-state index contributed by atoms with van der Waals surface area (Å²) in [5.74, 6) is -0.296. The van der Waals surface area contributed by atoms with Crippen LogP contribution in [0.2, 0.25) is 5.02 Å². The van der Waals surface area contributed by atoms with Crippen LogP contribution < -0.4 is 14.8 Å². The summed E-state index contributed by atoms with van der Waals surface area (Å²) in [5, 5.41) is 3.15. The Labute approximate surface area is 150 Å². The van der Waals surface area contributed by atoms with E-state index in [0.29, 0.717) is 22.2 Å². The van der Waals surface area contributed by atoms with E-state index in [4.69, 9.17) is 25.8 Å². The number of benzene rings is 2. The molecule has 132 valence electrons. The first-order chi connectivity index (χ1) is 11.9. The fourth-order valence-corrected chi connectivity index (χ4v) is 2.22. The molecule has 0 heterocycles. The second-order valence-electron chi connectivity index (χ2n) is 5.15. The number of hydrogen-bond acceptors (Lipinski definition) is 5. The van der Waals surface area contributed by atoms with Crippen LogP contribution in [0.3, 0.4) is 0 Å². The SMILES string of the molecule is COc1ccc(C(=O)OCC(=O)Nc2ccc(C)c(Cl)c2)c(OC)c1. The molecule has 0 saturated carbocycles. The van der Waals surface area contributed by atoms with Gasteiger partial charge in [0.15, 0.2) is 6.61 Å². The summed E-state index contributed by atoms with van der Waals surface area (Å²) in [5.41, 5.74) is 1.63. The van der Waals surface area contributed by atoms with Crippen LogP contribution in [0, 0.1) is 6.92 Å². The highest BCUT2D eigenvalue weighted by molar-refractivity contribution is 6.31. The summed E-state index contributed by atoms with van der Waals surface area (Å²) in [4.78, 5) is 24.1. The molecule has 2 aromatic carbocycles. The van der Waals surface area contributed by atoms with E-state index in [1.165, 1.54) is 20.3 Å². The van der Waals surface area contributed by atoms with Crippen molar-refractivity contribution in [3.05, 3.63) is 52.5 Å². The lowest BCUT2D eigenvalue weighted by Gasteiger charge is -2.11. The molecular formula is C18H18ClNO5. The maximum Gasteiger partial charge on any atom is 0.342 e. The zero-order chi connectivity index (χ0) is 18.4. The number of methoxy groups -OCH3 is 2. The number of halogens is 1. The number of rotatable bonds is 6. The highest BCUT2D eigenvalue weighted by atomic mass is 35.5. The number of ether oxygens (including phenoxy) is 3. The van der Waals surface area contributed by atoms with Gasteiger partial charge in [-0.1, -0.05) is 17.7 Å². The standard InChI is InChI=1S/C18H18ClNO5/c1-11-4-5-12(8-15(11)19)20-17(21)10-25-18(22)14-7-6-13(23-2)9-16(14)24-3/h4-9H,10H2,1-3H3,(H,20,21). The summed E-state index contributed by atoms with van der Waals surface area (Å²) in [6.45, 7) is 1.43. The number of hydrogen-bond donors (Lipinski definition) is 1. The third-order valence-corrected chi connectivity index (χ3v) is 3.83. The van der Waals surface area contributed by atoms with Crippen molar-refractivity contribution in [2.75, 3.05) is 26.1 Å². The summed E-state index contributed by atoms with van der Waals surface area (Å²) in [7, 11) is 2.94. The Hall–Kier alpha value is -2.73. The van der Waals surface area contributed by atoms with Gasteiger partial charge in [0.2, 0.25) is 0 Å². The van der Waals surface area contributed by atoms with Gasteiger partial charge in [-0.05, 0) is 36.8 Å². The zero-order valence-corrected chi connectivity index (χ0v) is 14.8. The zero-order valence-electron chi connectivity index (χ0n) is 14.1. The van der Waals surface area contributed by atoms with E-state index < -0.39 is 18.5 Å². The average Bonchev–Trinajstić information content (AvgIpc) is 2.62. The van der Waals surface area contributed by atoms with Gasteiger partial charge in [0.25, 0.3) is 5.91 Å². The number of anilines is 1. The van der Waals surface area contributed by atoms with Gasteiger partial charge in [0.05, 0.1) is 14.2 Å². The van der Waals surface area contributed by atoms with Gasteiger partial charge in [-0.2, -0.15) is 0 Å². The van der Waals surface area contributed by atoms with Crippen LogP contribution in [0.1, 0.15) is 15.9 Å². The van der Waals surface area contributed by atoms with Gasteiger partial charge >= 0.3 is 5.97 Å². The van der Waals surface area contributed by atoms with Crippen LogP contribution in [-0.4, -0.2) is 32.7 Å². The lowest BCUT2D eigenvalue weighted by Crippen LogP contribution is -2.21. The number of carbonyl (C=O) groups is 2. The molecular weight excluding hydrogens is 346 g/mol. The molecule has 0 aliphatic rings. The van der Waals surface area contributed by atoms with Gasteiger partial charge in [-0.3, -0.25) is 4.79 Å². The maximum absolute atomic E-state index is 12.1. The Morgan fingerprint density at radius 3 is 2.48 bits per heavy atom. The number of carbonyl (C=O) groups excluding carboxylic acids is 2. The van der Waals surface area contributed by atoms with Crippen molar-refractivity contribution in [1.82, 2.24) is 0 Å². The molecule has 0 bridgehead atoms. The Kier molecular flexibility index (Phi) is 6.25. The van der Waals surface area contributed by atoms with Gasteiger partial charge in [-0.25, -0.2) is 4.79 Å². The molecule has 0 aliphatic heterocycles. The molecule has 0 fully saturated rings. The van der Waals surface area contributed by atoms with Crippen LogP contribution in [0.15, 0.2) is 36.4 Å². The van der Waals surface area contributed by atoms with Gasteiger partial charge in [-0.15, -0.1) is 0 Å². The van der Waals surface area contributed by atoms with Gasteiger partial charge in [0.1, 0.15) is 17.1 Å². The molecule has 0 aliphatic carbocycles. The molecule has 0 radical (unpaired) electrons. The van der Waals surface area contributed by atoms with E-state index in [-0.39, 0.29) is 5.56 Å². The molecule has 0 saturated heterocycles. The third kappa shape index (κ3) is 4.87. The number of esters is 1. The van der Waals surface area contributed by atoms with E-state index in [2.05, 4.69) is 5.32 Å². The highest BCUT2D eigenvalue weighted by Gasteiger charge is 2.16. The maximum atomic E-state index is 12.1. The number of nitrogens with one attached hydrogen (secondary N) is 1. The van der Waals surface area contributed by atoms with Crippen LogP contribution in [-0.2, 0) is 9.53 Å². The largest absolute Gasteiger partial charge is 0.497 e. The topological polar surface area (TPSA) is 73.9 Å². The summed E-state index contributed by atoms with van der Waals surface area (Å²) in [6.07, 6.45) is 0. The van der Waals surface area contributed by atoms with Crippen LogP contribution >= 0.6 is 11.6 Å². The van der Waals surface area contributed by atoms with E-state index in [1.807, 2.05) is 6.92 Å². The average molecular weight is 364 g/mol. The van der Waals surface area contributed by atoms with Crippen LogP contribution in [0.5, 0.6) is 11.5 Å². The summed E-state index contributed by atoms with van der Waals surface area (Å²) in [6, 6.07) is 9.80. The smallest absolute Gasteiger partial charge is 0.342 e. The van der Waals surface area contributed by atoms with E-state index in [0.717, 1.165) is 5.56 Å². The van der Waals surface area contributed by atoms with Crippen LogP contribution in [0.25, 0.3) is 0 Å². The fourth-order valence-electron chi connectivity index (χ4n) is 2.04. The minimum atomic E-state index is -0.670. The second-order valence-corrected chi connectivity index (χ2v) is 5.56. The molecule has 0 unspecified atom stereocenters. The Morgan fingerprint density at radius 1 is 1.08 bits per heavy atom. The number of amides is 1. The summed E-state index contributed by atoms with van der Waals surface area (Å²) >= 11 is 6.00. The lowest BCUT2D eigenvalue weighted by atomic mass is 10.2. The van der Waals surface area contributed by atoms with Crippen molar-refractivity contribution in [2.45, 2.75) is 6.92 Å². The molecule has 7 heteroatoms. The lowest BCUT2D eigenvalue weighted by molar-refractivity contribution is -0.119. The Bertz CT molecular complexity index is 791. The fraction of sp³-hybridized carbons (Fsp3) is 0.222. The Morgan fingerprint density at radius 2 is 1.84 bits per heavy atom. The van der Waals surface area contributed by atoms with Gasteiger partial charge < -0.3 is 19.5 Å². The highest BCUT2D eigenvalue weighted by Crippen LogP contribution is 2.25. The minimum Gasteiger partial charge on any atom is -0.497 e. The third-order valence-electron chi connectivity index (χ3n) is 3.42. The van der Waals surface area contributed by atoms with Gasteiger partial charge in [0, 0.05) is 16.8 Å². The van der Waals surface area contributed by atoms with Crippen molar-refractivity contribution in [1.29, 1.82) is 0 Å². The monoisotopic (exact) mass is 363 g/mol. The van der Waals surface area contributed by atoms with Crippen molar-refractivity contribution < 1.29 is 23.8 Å². The predicted octanol–water partition coefficient (Wildman–Crippen LogP) is 3.46. The molecule has 25 heavy (non-hydrogen) atoms. The summed E-state index contributed by atoms with van der Waals surface area (Å²) < 4.78 is 15.2. The minimum absolute atomic E-state index is 0.203. The number of aryl methyl sites for hydroxylation is 1. The normalized spacial score (nSPS) is 10.1. The van der Waals surface area contributed by atoms with Crippen molar-refractivity contribution >= 4 is 29.2 Å². The Balaban J connectivity index is 1.97. The second kappa shape index (κ2) is 8.39. The predicted molar refractivity (Wildman–Crippen MR) is 94.6 cm³/mol. The molecule has 6 nitrogen and oxygen atoms in total. The van der Waals surface area contributed by atoms with Crippen molar-refractivity contribution in [3.8, 4) is 11.5 Å². The molecule has 0 spiro atoms. The van der Waals surface area contributed by atoms with Crippen LogP contribution in [0.4, 0.5) is 5.69 Å². The molecule has 2 rings (SSSR count). The first-order valence-electron chi connectivity index (χ1n) is 7.39. The van der Waals surface area contributed by atoms with E-state index in [9.17, 15) is 9.59 Å². The van der Waals surface area contributed by atoms with Crippen molar-refractivity contribution in [3.63, 3.8) is 0 Å². The van der Waals surface area contributed by atoms with Crippen molar-refractivity contribution in [2.24, 2.45) is 0 Å². The molecule has 1 N–H and O–H groups in total. The molecule has 2 aromatic rings. The van der Waals surface area contributed by atoms with E-state index in [1.54, 1.807) is 30.3 Å². The molecule has 0 aromatic heterocycles. The molecule has 0 atom stereocenters. The first-order valence-corrected chi connectivity index (χ1v) is 7.77. The first kappa shape index (κ1) is 18.6. The van der Waals surface area contributed by atoms with E-state index >= 15 is 0 Å².